The molecule has 4 rings (SSSR count). The number of cyclic esters (lactones) is 2. The summed E-state index contributed by atoms with van der Waals surface area (Å²) in [5.41, 5.74) is 1.63. The molecule has 2 heterocycles. The molecular formula is C33H39ClN2O8. The molecule has 0 radical (unpaired) electrons. The Kier molecular flexibility index (Phi) is 11.4. The molecule has 2 aliphatic heterocycles. The third-order valence-corrected chi connectivity index (χ3v) is 7.90. The second-order valence-corrected chi connectivity index (χ2v) is 12.0. The van der Waals surface area contributed by atoms with Crippen molar-refractivity contribution in [3.63, 3.8) is 0 Å². The Morgan fingerprint density at radius 3 is 2.48 bits per heavy atom. The minimum atomic E-state index is -1.12. The Balaban J connectivity index is 1.55. The highest BCUT2D eigenvalue weighted by atomic mass is 35.5. The van der Waals surface area contributed by atoms with E-state index in [0.29, 0.717) is 5.56 Å². The van der Waals surface area contributed by atoms with Crippen LogP contribution in [0.4, 0.5) is 0 Å². The van der Waals surface area contributed by atoms with Gasteiger partial charge in [0.25, 0.3) is 0 Å². The van der Waals surface area contributed by atoms with Crippen molar-refractivity contribution >= 4 is 35.4 Å². The summed E-state index contributed by atoms with van der Waals surface area (Å²) in [7, 11) is 0. The third kappa shape index (κ3) is 9.30. The average molecular weight is 627 g/mol. The number of carbonyl (C=O) groups excluding carboxylic acids is 4. The molecule has 0 bridgehead atoms. The van der Waals surface area contributed by atoms with Gasteiger partial charge in [-0.2, -0.15) is 0 Å². The van der Waals surface area contributed by atoms with E-state index in [1.54, 1.807) is 12.1 Å². The number of halogens is 1. The zero-order valence-corrected chi connectivity index (χ0v) is 25.8. The van der Waals surface area contributed by atoms with Crippen molar-refractivity contribution in [2.24, 2.45) is 11.8 Å². The zero-order valence-electron chi connectivity index (χ0n) is 25.0. The van der Waals surface area contributed by atoms with Crippen LogP contribution in [0.25, 0.3) is 0 Å². The van der Waals surface area contributed by atoms with Crippen molar-refractivity contribution in [2.75, 3.05) is 6.54 Å². The number of amides is 2. The highest BCUT2D eigenvalue weighted by molar-refractivity contribution is 6.32. The standard InChI is InChI=1S/C33H39ClN2O8/c1-19(2)16-27-33(41)43-26(20(3)30-31(44-30)22-8-5-4-6-9-22)10-7-11-28(38)36-24(32(40)35-15-14-29(39)42-27)18-21-12-13-25(37)23(34)17-21/h4-9,11-13,17,19-20,24,26-27,30-31,37H,10,14-16,18H2,1-3H3,(H,35,40)(H,36,38)/b11-7-/t20-,24+,26-,27-,30+,31+/m0/s1. The van der Waals surface area contributed by atoms with E-state index >= 15 is 0 Å². The van der Waals surface area contributed by atoms with E-state index in [4.69, 9.17) is 25.8 Å². The van der Waals surface area contributed by atoms with Crippen LogP contribution in [0, 0.1) is 11.8 Å². The first-order valence-electron chi connectivity index (χ1n) is 14.8. The predicted molar refractivity (Wildman–Crippen MR) is 163 cm³/mol. The fourth-order valence-corrected chi connectivity index (χ4v) is 5.34. The van der Waals surface area contributed by atoms with Crippen LogP contribution in [0.3, 0.4) is 0 Å². The van der Waals surface area contributed by atoms with Crippen LogP contribution in [-0.2, 0) is 39.8 Å². The van der Waals surface area contributed by atoms with E-state index < -0.39 is 42.0 Å². The summed E-state index contributed by atoms with van der Waals surface area (Å²) in [6.07, 6.45) is 1.10. The smallest absolute Gasteiger partial charge is 0.347 e. The predicted octanol–water partition coefficient (Wildman–Crippen LogP) is 4.19. The zero-order chi connectivity index (χ0) is 31.8. The molecule has 0 saturated carbocycles. The first kappa shape index (κ1) is 33.0. The van der Waals surface area contributed by atoms with Crippen molar-refractivity contribution in [3.8, 4) is 5.75 Å². The second kappa shape index (κ2) is 15.2. The van der Waals surface area contributed by atoms with Gasteiger partial charge in [-0.05, 0) is 41.7 Å². The highest BCUT2D eigenvalue weighted by Gasteiger charge is 2.47. The Bertz CT molecular complexity index is 1360. The van der Waals surface area contributed by atoms with Gasteiger partial charge < -0.3 is 30.0 Å². The summed E-state index contributed by atoms with van der Waals surface area (Å²) in [5.74, 6) is -2.68. The van der Waals surface area contributed by atoms with Gasteiger partial charge in [0.1, 0.15) is 24.0 Å². The normalized spacial score (nSPS) is 26.6. The van der Waals surface area contributed by atoms with E-state index in [1.807, 2.05) is 51.1 Å². The fraction of sp³-hybridized carbons (Fsp3) is 0.455. The monoisotopic (exact) mass is 626 g/mol. The fourth-order valence-electron chi connectivity index (χ4n) is 5.14. The lowest BCUT2D eigenvalue weighted by Crippen LogP contribution is -2.48. The second-order valence-electron chi connectivity index (χ2n) is 11.6. The number of phenols is 1. The van der Waals surface area contributed by atoms with Gasteiger partial charge in [0, 0.05) is 25.3 Å². The number of carbonyl (C=O) groups is 4. The van der Waals surface area contributed by atoms with Crippen molar-refractivity contribution < 1.29 is 38.5 Å². The topological polar surface area (TPSA) is 144 Å². The molecule has 2 amide bonds. The lowest BCUT2D eigenvalue weighted by Gasteiger charge is -2.26. The van der Waals surface area contributed by atoms with Gasteiger partial charge in [0.2, 0.25) is 11.8 Å². The molecule has 0 aliphatic carbocycles. The Morgan fingerprint density at radius 2 is 1.77 bits per heavy atom. The highest BCUT2D eigenvalue weighted by Crippen LogP contribution is 2.45. The van der Waals surface area contributed by atoms with Gasteiger partial charge in [0.05, 0.1) is 17.5 Å². The number of hydrogen-bond acceptors (Lipinski definition) is 8. The van der Waals surface area contributed by atoms with Crippen LogP contribution < -0.4 is 10.6 Å². The largest absolute Gasteiger partial charge is 0.506 e. The summed E-state index contributed by atoms with van der Waals surface area (Å²) in [5, 5.41) is 15.2. The van der Waals surface area contributed by atoms with Gasteiger partial charge in [-0.15, -0.1) is 0 Å². The van der Waals surface area contributed by atoms with E-state index in [9.17, 15) is 24.3 Å². The van der Waals surface area contributed by atoms with Gasteiger partial charge in [-0.25, -0.2) is 4.79 Å². The molecule has 0 unspecified atom stereocenters. The van der Waals surface area contributed by atoms with Crippen LogP contribution >= 0.6 is 11.6 Å². The number of ether oxygens (including phenoxy) is 3. The van der Waals surface area contributed by atoms with Gasteiger partial charge in [-0.1, -0.05) is 74.8 Å². The maximum Gasteiger partial charge on any atom is 0.347 e. The van der Waals surface area contributed by atoms with Crippen LogP contribution in [0.15, 0.2) is 60.7 Å². The lowest BCUT2D eigenvalue weighted by molar-refractivity contribution is -0.174. The molecule has 3 N–H and O–H groups in total. The van der Waals surface area contributed by atoms with Gasteiger partial charge >= 0.3 is 11.9 Å². The molecule has 2 aromatic carbocycles. The molecule has 6 atom stereocenters. The summed E-state index contributed by atoms with van der Waals surface area (Å²) in [4.78, 5) is 52.1. The molecule has 10 nitrogen and oxygen atoms in total. The van der Waals surface area contributed by atoms with E-state index in [2.05, 4.69) is 10.6 Å². The Morgan fingerprint density at radius 1 is 1.02 bits per heavy atom. The summed E-state index contributed by atoms with van der Waals surface area (Å²) in [6, 6.07) is 13.3. The molecule has 44 heavy (non-hydrogen) atoms. The minimum absolute atomic E-state index is 0.0356. The molecular weight excluding hydrogens is 588 g/mol. The van der Waals surface area contributed by atoms with Gasteiger partial charge in [0.15, 0.2) is 6.10 Å². The number of epoxide rings is 1. The number of hydrogen-bond donors (Lipinski definition) is 3. The maximum absolute atomic E-state index is 13.3. The third-order valence-electron chi connectivity index (χ3n) is 7.60. The van der Waals surface area contributed by atoms with Crippen molar-refractivity contribution in [1.82, 2.24) is 10.6 Å². The number of nitrogens with one attached hydrogen (secondary N) is 2. The summed E-state index contributed by atoms with van der Waals surface area (Å²) in [6.45, 7) is 5.67. The van der Waals surface area contributed by atoms with Crippen LogP contribution in [0.1, 0.15) is 57.3 Å². The average Bonchev–Trinajstić information content (AvgIpc) is 3.78. The van der Waals surface area contributed by atoms with Gasteiger partial charge in [-0.3, -0.25) is 14.4 Å². The number of phenolic OH excluding ortho intramolecular Hbond substituents is 1. The number of esters is 2. The summed E-state index contributed by atoms with van der Waals surface area (Å²) < 4.78 is 17.5. The summed E-state index contributed by atoms with van der Waals surface area (Å²) >= 11 is 6.04. The van der Waals surface area contributed by atoms with Crippen molar-refractivity contribution in [1.29, 1.82) is 0 Å². The van der Waals surface area contributed by atoms with E-state index in [1.165, 1.54) is 18.2 Å². The molecule has 1 fully saturated rings. The molecule has 236 valence electrons. The first-order chi connectivity index (χ1) is 21.0. The van der Waals surface area contributed by atoms with Crippen LogP contribution in [0.2, 0.25) is 5.02 Å². The minimum Gasteiger partial charge on any atom is -0.506 e. The Hall–Kier alpha value is -3.89. The molecule has 0 aromatic heterocycles. The quantitative estimate of drug-likeness (QED) is 0.307. The number of benzene rings is 2. The van der Waals surface area contributed by atoms with Crippen molar-refractivity contribution in [3.05, 3.63) is 76.8 Å². The van der Waals surface area contributed by atoms with Crippen LogP contribution in [-0.4, -0.2) is 59.8 Å². The lowest BCUT2D eigenvalue weighted by atomic mass is 9.93. The SMILES string of the molecule is CC(C)C[C@@H]1OC(=O)CCNC(=O)[C@@H](Cc2ccc(O)c(Cl)c2)NC(=O)/C=C\C[C@@H]([C@H](C)[C@H]2O[C@@H]2c2ccccc2)OC1=O. The van der Waals surface area contributed by atoms with Crippen LogP contribution in [0.5, 0.6) is 5.75 Å². The molecule has 2 aliphatic rings. The molecule has 2 aromatic rings. The van der Waals surface area contributed by atoms with Crippen molar-refractivity contribution in [2.45, 2.75) is 76.9 Å². The number of aromatic hydroxyl groups is 1. The number of rotatable bonds is 7. The molecule has 11 heteroatoms. The van der Waals surface area contributed by atoms with E-state index in [-0.39, 0.29) is 67.0 Å². The van der Waals surface area contributed by atoms with E-state index in [0.717, 1.165) is 5.56 Å². The first-order valence-corrected chi connectivity index (χ1v) is 15.2. The maximum atomic E-state index is 13.3. The molecule has 1 saturated heterocycles. The Labute approximate surface area is 262 Å². The molecule has 0 spiro atoms.